The number of hydrogen-bond acceptors (Lipinski definition) is 3. The number of rotatable bonds is 2. The van der Waals surface area contributed by atoms with Crippen molar-refractivity contribution in [3.63, 3.8) is 0 Å². The Labute approximate surface area is 110 Å². The monoisotopic (exact) mass is 273 g/mol. The van der Waals surface area contributed by atoms with E-state index < -0.39 is 10.0 Å². The topological polar surface area (TPSA) is 88.8 Å². The van der Waals surface area contributed by atoms with Gasteiger partial charge in [-0.15, -0.1) is 0 Å². The van der Waals surface area contributed by atoms with Gasteiger partial charge in [0.05, 0.1) is 4.90 Å². The number of H-pyrrole nitrogens is 1. The summed E-state index contributed by atoms with van der Waals surface area (Å²) in [6, 6.07) is 10.4. The minimum atomic E-state index is -3.69. The second kappa shape index (κ2) is 4.18. The Balaban J connectivity index is 2.15. The molecule has 19 heavy (non-hydrogen) atoms. The van der Waals surface area contributed by atoms with E-state index in [-0.39, 0.29) is 4.90 Å². The number of primary sulfonamides is 1. The largest absolute Gasteiger partial charge is 0.346 e. The summed E-state index contributed by atoms with van der Waals surface area (Å²) in [5, 5.41) is 6.10. The average molecular weight is 273 g/mol. The summed E-state index contributed by atoms with van der Waals surface area (Å²) in [6.07, 6.45) is 3.50. The number of nitrogens with two attached hydrogens (primary N) is 1. The van der Waals surface area contributed by atoms with Crippen LogP contribution in [-0.4, -0.2) is 18.4 Å². The fourth-order valence-corrected chi connectivity index (χ4v) is 2.51. The molecule has 0 fully saturated rings. The lowest BCUT2D eigenvalue weighted by Crippen LogP contribution is -2.11. The minimum absolute atomic E-state index is 0.0964. The van der Waals surface area contributed by atoms with E-state index in [4.69, 9.17) is 5.14 Å². The molecule has 2 aromatic heterocycles. The summed E-state index contributed by atoms with van der Waals surface area (Å²) in [5.74, 6) is 0. The Kier molecular flexibility index (Phi) is 2.62. The zero-order valence-corrected chi connectivity index (χ0v) is 10.7. The van der Waals surface area contributed by atoms with Crippen molar-refractivity contribution in [2.45, 2.75) is 4.90 Å². The first-order chi connectivity index (χ1) is 9.04. The number of pyridine rings is 1. The van der Waals surface area contributed by atoms with E-state index in [2.05, 4.69) is 9.97 Å². The molecule has 3 aromatic rings. The number of nitrogens with one attached hydrogen (secondary N) is 1. The molecule has 6 heteroatoms. The fourth-order valence-electron chi connectivity index (χ4n) is 1.95. The molecule has 0 radical (unpaired) electrons. The van der Waals surface area contributed by atoms with Gasteiger partial charge in [-0.25, -0.2) is 18.5 Å². The van der Waals surface area contributed by atoms with Crippen LogP contribution in [0.2, 0.25) is 0 Å². The first-order valence-electron chi connectivity index (χ1n) is 5.60. The van der Waals surface area contributed by atoms with Gasteiger partial charge in [0.2, 0.25) is 10.0 Å². The van der Waals surface area contributed by atoms with Crippen LogP contribution in [0, 0.1) is 0 Å². The van der Waals surface area contributed by atoms with Gasteiger partial charge < -0.3 is 4.98 Å². The van der Waals surface area contributed by atoms with Crippen LogP contribution in [0.4, 0.5) is 0 Å². The Morgan fingerprint density at radius 3 is 2.74 bits per heavy atom. The second-order valence-electron chi connectivity index (χ2n) is 4.21. The lowest BCUT2D eigenvalue weighted by atomic mass is 10.1. The molecule has 0 atom stereocenters. The van der Waals surface area contributed by atoms with Crippen molar-refractivity contribution in [3.8, 4) is 11.1 Å². The third kappa shape index (κ3) is 2.23. The summed E-state index contributed by atoms with van der Waals surface area (Å²) in [4.78, 5) is 7.38. The van der Waals surface area contributed by atoms with Crippen molar-refractivity contribution in [2.24, 2.45) is 5.14 Å². The van der Waals surface area contributed by atoms with Crippen molar-refractivity contribution in [1.82, 2.24) is 9.97 Å². The fraction of sp³-hybridized carbons (Fsp3) is 0. The Bertz CT molecular complexity index is 853. The summed E-state index contributed by atoms with van der Waals surface area (Å²) in [7, 11) is -3.69. The molecule has 2 heterocycles. The highest BCUT2D eigenvalue weighted by molar-refractivity contribution is 7.89. The van der Waals surface area contributed by atoms with Crippen LogP contribution >= 0.6 is 0 Å². The predicted molar refractivity (Wildman–Crippen MR) is 72.9 cm³/mol. The van der Waals surface area contributed by atoms with E-state index in [1.165, 1.54) is 6.07 Å². The number of nitrogens with zero attached hydrogens (tertiary/aromatic N) is 1. The zero-order valence-electron chi connectivity index (χ0n) is 9.87. The molecule has 0 aliphatic carbocycles. The number of hydrogen-bond donors (Lipinski definition) is 2. The molecular weight excluding hydrogens is 262 g/mol. The number of aromatic amines is 1. The third-order valence-electron chi connectivity index (χ3n) is 2.90. The predicted octanol–water partition coefficient (Wildman–Crippen LogP) is 1.88. The molecule has 1 aromatic carbocycles. The first-order valence-corrected chi connectivity index (χ1v) is 7.15. The van der Waals surface area contributed by atoms with Gasteiger partial charge in [-0.3, -0.25) is 0 Å². The Morgan fingerprint density at radius 1 is 1.11 bits per heavy atom. The smallest absolute Gasteiger partial charge is 0.238 e. The second-order valence-corrected chi connectivity index (χ2v) is 5.77. The lowest BCUT2D eigenvalue weighted by Gasteiger charge is -2.04. The molecule has 0 saturated carbocycles. The SMILES string of the molecule is NS(=O)(=O)c1cccc(-c2cnc3[nH]ccc3c2)c1. The number of fused-ring (bicyclic) bond motifs is 1. The van der Waals surface area contributed by atoms with Gasteiger partial charge in [0.25, 0.3) is 0 Å². The highest BCUT2D eigenvalue weighted by Crippen LogP contribution is 2.24. The molecule has 0 unspecified atom stereocenters. The Hall–Kier alpha value is -2.18. The highest BCUT2D eigenvalue weighted by atomic mass is 32.2. The summed E-state index contributed by atoms with van der Waals surface area (Å²) < 4.78 is 22.7. The molecule has 96 valence electrons. The molecule has 0 bridgehead atoms. The van der Waals surface area contributed by atoms with Gasteiger partial charge in [0, 0.05) is 23.3 Å². The molecule has 3 N–H and O–H groups in total. The van der Waals surface area contributed by atoms with E-state index in [0.717, 1.165) is 22.2 Å². The molecule has 0 spiro atoms. The molecule has 5 nitrogen and oxygen atoms in total. The van der Waals surface area contributed by atoms with Gasteiger partial charge in [-0.1, -0.05) is 12.1 Å². The molecule has 0 aliphatic rings. The van der Waals surface area contributed by atoms with E-state index in [1.807, 2.05) is 24.4 Å². The average Bonchev–Trinajstić information content (AvgIpc) is 2.85. The summed E-state index contributed by atoms with van der Waals surface area (Å²) in [5.41, 5.74) is 2.41. The van der Waals surface area contributed by atoms with Crippen LogP contribution in [-0.2, 0) is 10.0 Å². The normalized spacial score (nSPS) is 11.8. The van der Waals surface area contributed by atoms with Crippen LogP contribution in [0.5, 0.6) is 0 Å². The van der Waals surface area contributed by atoms with Gasteiger partial charge in [0.15, 0.2) is 0 Å². The lowest BCUT2D eigenvalue weighted by molar-refractivity contribution is 0.598. The van der Waals surface area contributed by atoms with Gasteiger partial charge in [0.1, 0.15) is 5.65 Å². The first kappa shape index (κ1) is 11.9. The zero-order chi connectivity index (χ0) is 13.5. The molecule has 0 amide bonds. The maximum atomic E-state index is 11.3. The van der Waals surface area contributed by atoms with E-state index in [0.29, 0.717) is 0 Å². The molecular formula is C13H11N3O2S. The minimum Gasteiger partial charge on any atom is -0.346 e. The summed E-state index contributed by atoms with van der Waals surface area (Å²) >= 11 is 0. The van der Waals surface area contributed by atoms with Gasteiger partial charge in [-0.05, 0) is 29.8 Å². The molecule has 0 aliphatic heterocycles. The van der Waals surface area contributed by atoms with Crippen molar-refractivity contribution in [3.05, 3.63) is 48.8 Å². The molecule has 0 saturated heterocycles. The highest BCUT2D eigenvalue weighted by Gasteiger charge is 2.09. The quantitative estimate of drug-likeness (QED) is 0.747. The third-order valence-corrected chi connectivity index (χ3v) is 3.81. The van der Waals surface area contributed by atoms with Crippen molar-refractivity contribution in [2.75, 3.05) is 0 Å². The van der Waals surface area contributed by atoms with E-state index in [9.17, 15) is 8.42 Å². The van der Waals surface area contributed by atoms with Gasteiger partial charge in [-0.2, -0.15) is 0 Å². The molecule has 3 rings (SSSR count). The maximum Gasteiger partial charge on any atom is 0.238 e. The van der Waals surface area contributed by atoms with Crippen LogP contribution in [0.3, 0.4) is 0 Å². The van der Waals surface area contributed by atoms with E-state index >= 15 is 0 Å². The number of benzene rings is 1. The maximum absolute atomic E-state index is 11.3. The van der Waals surface area contributed by atoms with E-state index in [1.54, 1.807) is 18.3 Å². The summed E-state index contributed by atoms with van der Waals surface area (Å²) in [6.45, 7) is 0. The standard InChI is InChI=1S/C13H11N3O2S/c14-19(17,18)12-3-1-2-9(7-12)11-6-10-4-5-15-13(10)16-8-11/h1-8H,(H,15,16)(H2,14,17,18). The van der Waals surface area contributed by atoms with Crippen molar-refractivity contribution in [1.29, 1.82) is 0 Å². The van der Waals surface area contributed by atoms with Crippen LogP contribution in [0.25, 0.3) is 22.2 Å². The van der Waals surface area contributed by atoms with Crippen LogP contribution in [0.1, 0.15) is 0 Å². The number of sulfonamides is 1. The van der Waals surface area contributed by atoms with Gasteiger partial charge >= 0.3 is 0 Å². The van der Waals surface area contributed by atoms with Crippen molar-refractivity contribution >= 4 is 21.1 Å². The van der Waals surface area contributed by atoms with Crippen molar-refractivity contribution < 1.29 is 8.42 Å². The van der Waals surface area contributed by atoms with Crippen LogP contribution < -0.4 is 5.14 Å². The van der Waals surface area contributed by atoms with Crippen LogP contribution in [0.15, 0.2) is 53.7 Å². The number of aromatic nitrogens is 2. The Morgan fingerprint density at radius 2 is 1.95 bits per heavy atom.